The molecule has 1 rings (SSSR count). The van der Waals surface area contributed by atoms with Crippen LogP contribution in [0.1, 0.15) is 25.5 Å². The van der Waals surface area contributed by atoms with E-state index in [2.05, 4.69) is 19.2 Å². The van der Waals surface area contributed by atoms with E-state index in [4.69, 9.17) is 16.3 Å². The molecule has 0 aromatic heterocycles. The number of halogens is 1. The van der Waals surface area contributed by atoms with E-state index in [9.17, 15) is 5.11 Å². The van der Waals surface area contributed by atoms with Crippen LogP contribution in [0.25, 0.3) is 0 Å². The minimum atomic E-state index is -0.645. The second-order valence-corrected chi connectivity index (χ2v) is 4.83. The van der Waals surface area contributed by atoms with Crippen molar-refractivity contribution in [3.63, 3.8) is 0 Å². The van der Waals surface area contributed by atoms with Crippen molar-refractivity contribution in [3.8, 4) is 5.75 Å². The molecular weight excluding hydrogens is 238 g/mol. The average molecular weight is 258 g/mol. The summed E-state index contributed by atoms with van der Waals surface area (Å²) in [6.07, 6.45) is -0.645. The lowest BCUT2D eigenvalue weighted by atomic mass is 9.93. The van der Waals surface area contributed by atoms with Crippen LogP contribution < -0.4 is 10.1 Å². The summed E-state index contributed by atoms with van der Waals surface area (Å²) in [5.74, 6) is 0.960. The van der Waals surface area contributed by atoms with Crippen LogP contribution in [0.4, 0.5) is 0 Å². The molecule has 0 heterocycles. The normalized spacial score (nSPS) is 14.8. The number of hydrogen-bond acceptors (Lipinski definition) is 3. The summed E-state index contributed by atoms with van der Waals surface area (Å²) < 4.78 is 5.25. The highest BCUT2D eigenvalue weighted by atomic mass is 35.5. The summed E-state index contributed by atoms with van der Waals surface area (Å²) >= 11 is 5.96. The lowest BCUT2D eigenvalue weighted by Crippen LogP contribution is -2.36. The number of rotatable bonds is 5. The summed E-state index contributed by atoms with van der Waals surface area (Å²) in [6, 6.07) is 5.23. The summed E-state index contributed by atoms with van der Waals surface area (Å²) in [5, 5.41) is 14.1. The van der Waals surface area contributed by atoms with E-state index < -0.39 is 6.10 Å². The predicted molar refractivity (Wildman–Crippen MR) is 70.6 cm³/mol. The maximum Gasteiger partial charge on any atom is 0.124 e. The molecule has 0 bridgehead atoms. The lowest BCUT2D eigenvalue weighted by molar-refractivity contribution is 0.107. The quantitative estimate of drug-likeness (QED) is 0.852. The lowest BCUT2D eigenvalue weighted by Gasteiger charge is -2.27. The van der Waals surface area contributed by atoms with Crippen LogP contribution in [-0.4, -0.2) is 25.3 Å². The summed E-state index contributed by atoms with van der Waals surface area (Å²) in [4.78, 5) is 0. The first-order valence-electron chi connectivity index (χ1n) is 5.70. The third-order valence-electron chi connectivity index (χ3n) is 2.90. The highest BCUT2D eigenvalue weighted by Crippen LogP contribution is 2.31. The van der Waals surface area contributed by atoms with E-state index in [0.717, 1.165) is 0 Å². The molecule has 96 valence electrons. The number of benzene rings is 1. The van der Waals surface area contributed by atoms with Gasteiger partial charge in [0.15, 0.2) is 0 Å². The topological polar surface area (TPSA) is 41.5 Å². The molecule has 0 aliphatic heterocycles. The second-order valence-electron chi connectivity index (χ2n) is 4.39. The minimum absolute atomic E-state index is 0.0395. The molecule has 1 aromatic carbocycles. The molecular formula is C13H20ClNO2. The van der Waals surface area contributed by atoms with Crippen molar-refractivity contribution in [2.45, 2.75) is 26.0 Å². The fourth-order valence-electron chi connectivity index (χ4n) is 1.99. The van der Waals surface area contributed by atoms with Crippen LogP contribution in [0.5, 0.6) is 5.75 Å². The zero-order valence-electron chi connectivity index (χ0n) is 10.7. The minimum Gasteiger partial charge on any atom is -0.496 e. The molecule has 0 saturated carbocycles. The van der Waals surface area contributed by atoms with E-state index in [1.807, 2.05) is 7.05 Å². The van der Waals surface area contributed by atoms with Gasteiger partial charge >= 0.3 is 0 Å². The summed E-state index contributed by atoms with van der Waals surface area (Å²) in [5.41, 5.74) is 0.716. The van der Waals surface area contributed by atoms with Gasteiger partial charge in [0.25, 0.3) is 0 Å². The van der Waals surface area contributed by atoms with E-state index in [-0.39, 0.29) is 6.04 Å². The van der Waals surface area contributed by atoms with Crippen molar-refractivity contribution in [1.29, 1.82) is 0 Å². The second kappa shape index (κ2) is 6.24. The fraction of sp³-hybridized carbons (Fsp3) is 0.538. The number of aliphatic hydroxyl groups is 1. The summed E-state index contributed by atoms with van der Waals surface area (Å²) in [6.45, 7) is 4.11. The van der Waals surface area contributed by atoms with E-state index in [0.29, 0.717) is 22.3 Å². The average Bonchev–Trinajstić information content (AvgIpc) is 2.29. The van der Waals surface area contributed by atoms with E-state index in [1.54, 1.807) is 25.3 Å². The van der Waals surface area contributed by atoms with Crippen LogP contribution in [0.2, 0.25) is 5.02 Å². The number of methoxy groups -OCH3 is 1. The molecule has 2 atom stereocenters. The van der Waals surface area contributed by atoms with Crippen molar-refractivity contribution < 1.29 is 9.84 Å². The van der Waals surface area contributed by atoms with Gasteiger partial charge in [-0.3, -0.25) is 0 Å². The van der Waals surface area contributed by atoms with Gasteiger partial charge in [-0.25, -0.2) is 0 Å². The Morgan fingerprint density at radius 2 is 2.00 bits per heavy atom. The third kappa shape index (κ3) is 3.35. The molecule has 0 radical (unpaired) electrons. The van der Waals surface area contributed by atoms with Gasteiger partial charge < -0.3 is 15.2 Å². The molecule has 0 aliphatic carbocycles. The fourth-order valence-corrected chi connectivity index (χ4v) is 2.17. The van der Waals surface area contributed by atoms with Crippen molar-refractivity contribution >= 4 is 11.6 Å². The summed E-state index contributed by atoms with van der Waals surface area (Å²) in [7, 11) is 3.42. The van der Waals surface area contributed by atoms with Crippen LogP contribution in [0.15, 0.2) is 18.2 Å². The van der Waals surface area contributed by atoms with Crippen LogP contribution in [-0.2, 0) is 0 Å². The van der Waals surface area contributed by atoms with Gasteiger partial charge in [-0.05, 0) is 31.2 Å². The molecule has 1 aromatic rings. The molecule has 3 nitrogen and oxygen atoms in total. The number of likely N-dealkylation sites (N-methyl/N-ethyl adjacent to an activating group) is 1. The van der Waals surface area contributed by atoms with E-state index >= 15 is 0 Å². The van der Waals surface area contributed by atoms with Gasteiger partial charge in [-0.1, -0.05) is 25.4 Å². The Morgan fingerprint density at radius 1 is 1.35 bits per heavy atom. The zero-order chi connectivity index (χ0) is 13.0. The number of ether oxygens (including phenoxy) is 1. The van der Waals surface area contributed by atoms with Gasteiger partial charge in [-0.2, -0.15) is 0 Å². The monoisotopic (exact) mass is 257 g/mol. The third-order valence-corrected chi connectivity index (χ3v) is 3.14. The van der Waals surface area contributed by atoms with Crippen molar-refractivity contribution in [2.24, 2.45) is 5.92 Å². The van der Waals surface area contributed by atoms with Crippen LogP contribution in [0, 0.1) is 5.92 Å². The smallest absolute Gasteiger partial charge is 0.124 e. The SMILES string of the molecule is CNC(C(C)C)C(O)c1cc(Cl)ccc1OC. The Hall–Kier alpha value is -0.770. The Bertz CT molecular complexity index is 368. The zero-order valence-corrected chi connectivity index (χ0v) is 11.5. The molecule has 2 unspecified atom stereocenters. The van der Waals surface area contributed by atoms with Crippen molar-refractivity contribution in [1.82, 2.24) is 5.32 Å². The standard InChI is InChI=1S/C13H20ClNO2/c1-8(2)12(15-3)13(16)10-7-9(14)5-6-11(10)17-4/h5-8,12-13,15-16H,1-4H3. The predicted octanol–water partition coefficient (Wildman–Crippen LogP) is 2.63. The van der Waals surface area contributed by atoms with Gasteiger partial charge in [0.05, 0.1) is 13.2 Å². The highest BCUT2D eigenvalue weighted by molar-refractivity contribution is 6.30. The van der Waals surface area contributed by atoms with Gasteiger partial charge in [0.1, 0.15) is 5.75 Å². The maximum absolute atomic E-state index is 10.4. The Balaban J connectivity index is 3.08. The van der Waals surface area contributed by atoms with Crippen molar-refractivity contribution in [3.05, 3.63) is 28.8 Å². The van der Waals surface area contributed by atoms with Gasteiger partial charge in [0.2, 0.25) is 0 Å². The van der Waals surface area contributed by atoms with Crippen LogP contribution >= 0.6 is 11.6 Å². The molecule has 0 saturated heterocycles. The maximum atomic E-state index is 10.4. The van der Waals surface area contributed by atoms with Crippen molar-refractivity contribution in [2.75, 3.05) is 14.2 Å². The Labute approximate surface area is 108 Å². The number of aliphatic hydroxyl groups excluding tert-OH is 1. The first-order chi connectivity index (χ1) is 8.01. The molecule has 0 fully saturated rings. The Morgan fingerprint density at radius 3 is 2.47 bits per heavy atom. The molecule has 2 N–H and O–H groups in total. The first-order valence-corrected chi connectivity index (χ1v) is 6.07. The molecule has 0 amide bonds. The highest BCUT2D eigenvalue weighted by Gasteiger charge is 2.25. The molecule has 4 heteroatoms. The van der Waals surface area contributed by atoms with Gasteiger partial charge in [-0.15, -0.1) is 0 Å². The number of nitrogens with one attached hydrogen (secondary N) is 1. The largest absolute Gasteiger partial charge is 0.496 e. The molecule has 0 aliphatic rings. The molecule has 0 spiro atoms. The van der Waals surface area contributed by atoms with Gasteiger partial charge in [0, 0.05) is 16.6 Å². The van der Waals surface area contributed by atoms with Crippen LogP contribution in [0.3, 0.4) is 0 Å². The first kappa shape index (κ1) is 14.3. The Kier molecular flexibility index (Phi) is 5.25. The molecule has 17 heavy (non-hydrogen) atoms. The van der Waals surface area contributed by atoms with E-state index in [1.165, 1.54) is 0 Å². The number of hydrogen-bond donors (Lipinski definition) is 2.